The number of rotatable bonds is 6. The van der Waals surface area contributed by atoms with Gasteiger partial charge >= 0.3 is 12.1 Å². The molecule has 2 aromatic carbocycles. The fraction of sp³-hybridized carbons (Fsp3) is 0.444. The molecule has 2 fully saturated rings. The lowest BCUT2D eigenvalue weighted by Gasteiger charge is -2.45. The largest absolute Gasteiger partial charge is 0.481 e. The number of amides is 2. The van der Waals surface area contributed by atoms with Crippen LogP contribution in [0.4, 0.5) is 4.79 Å². The molecule has 0 unspecified atom stereocenters. The summed E-state index contributed by atoms with van der Waals surface area (Å²) >= 11 is 0. The molecule has 34 heavy (non-hydrogen) atoms. The first-order chi connectivity index (χ1) is 16.4. The summed E-state index contributed by atoms with van der Waals surface area (Å²) in [6, 6.07) is 16.3. The first-order valence-corrected chi connectivity index (χ1v) is 12.0. The van der Waals surface area contributed by atoms with Gasteiger partial charge in [-0.25, -0.2) is 4.79 Å². The highest BCUT2D eigenvalue weighted by atomic mass is 16.5. The van der Waals surface area contributed by atoms with Crippen LogP contribution in [-0.4, -0.2) is 53.7 Å². The standard InChI is InChI=1S/C27H30N2O5/c1-27(25(31)32)15-29(16-27)24(30)13-17-7-6-12-23(17)28-26(33)34-14-22-20-10-4-2-8-18(20)19-9-3-5-11-21(19)22/h2-5,8-11,17,22-23H,6-7,12-16H2,1H3,(H,28,33)(H,31,32)/t17-,23+/m0/s1. The van der Waals surface area contributed by atoms with Crippen molar-refractivity contribution >= 4 is 18.0 Å². The molecule has 1 saturated carbocycles. The number of carboxylic acid groups (broad SMARTS) is 1. The van der Waals surface area contributed by atoms with E-state index in [0.717, 1.165) is 19.3 Å². The number of benzene rings is 2. The van der Waals surface area contributed by atoms with Crippen LogP contribution in [-0.2, 0) is 14.3 Å². The second-order valence-corrected chi connectivity index (χ2v) is 10.1. The van der Waals surface area contributed by atoms with E-state index in [9.17, 15) is 19.5 Å². The number of nitrogens with one attached hydrogen (secondary N) is 1. The van der Waals surface area contributed by atoms with E-state index < -0.39 is 17.5 Å². The molecule has 2 amide bonds. The summed E-state index contributed by atoms with van der Waals surface area (Å²) in [5.74, 6) is -0.851. The Balaban J connectivity index is 1.15. The topological polar surface area (TPSA) is 95.9 Å². The zero-order valence-electron chi connectivity index (χ0n) is 19.3. The van der Waals surface area contributed by atoms with Crippen LogP contribution in [0.1, 0.15) is 49.7 Å². The van der Waals surface area contributed by atoms with Crippen molar-refractivity contribution in [1.82, 2.24) is 10.2 Å². The minimum atomic E-state index is -0.868. The number of carbonyl (C=O) groups is 3. The van der Waals surface area contributed by atoms with Gasteiger partial charge in [-0.1, -0.05) is 55.0 Å². The zero-order valence-corrected chi connectivity index (χ0v) is 19.3. The number of fused-ring (bicyclic) bond motifs is 3. The summed E-state index contributed by atoms with van der Waals surface area (Å²) in [7, 11) is 0. The maximum absolute atomic E-state index is 12.7. The van der Waals surface area contributed by atoms with E-state index in [1.807, 2.05) is 24.3 Å². The molecule has 1 heterocycles. The molecule has 1 saturated heterocycles. The fourth-order valence-corrected chi connectivity index (χ4v) is 5.72. The summed E-state index contributed by atoms with van der Waals surface area (Å²) < 4.78 is 5.68. The van der Waals surface area contributed by atoms with Gasteiger partial charge in [0.05, 0.1) is 5.41 Å². The van der Waals surface area contributed by atoms with Crippen LogP contribution in [0, 0.1) is 11.3 Å². The van der Waals surface area contributed by atoms with Crippen molar-refractivity contribution in [2.24, 2.45) is 11.3 Å². The molecule has 1 aliphatic heterocycles. The first kappa shape index (κ1) is 22.4. The number of hydrogen-bond acceptors (Lipinski definition) is 4. The number of carbonyl (C=O) groups excluding carboxylic acids is 2. The molecule has 0 spiro atoms. The maximum atomic E-state index is 12.7. The Morgan fingerprint density at radius 1 is 1.03 bits per heavy atom. The number of ether oxygens (including phenoxy) is 1. The quantitative estimate of drug-likeness (QED) is 0.676. The summed E-state index contributed by atoms with van der Waals surface area (Å²) in [6.07, 6.45) is 2.50. The van der Waals surface area contributed by atoms with Gasteiger partial charge in [0, 0.05) is 31.5 Å². The van der Waals surface area contributed by atoms with Gasteiger partial charge in [0.2, 0.25) is 5.91 Å². The van der Waals surface area contributed by atoms with Crippen LogP contribution >= 0.6 is 0 Å². The van der Waals surface area contributed by atoms with Gasteiger partial charge in [-0.05, 0) is 47.9 Å². The van der Waals surface area contributed by atoms with Crippen molar-refractivity contribution in [1.29, 1.82) is 0 Å². The summed E-state index contributed by atoms with van der Waals surface area (Å²) in [4.78, 5) is 38.2. The lowest BCUT2D eigenvalue weighted by atomic mass is 9.81. The third-order valence-electron chi connectivity index (χ3n) is 7.69. The van der Waals surface area contributed by atoms with Crippen molar-refractivity contribution < 1.29 is 24.2 Å². The van der Waals surface area contributed by atoms with Crippen molar-refractivity contribution in [3.63, 3.8) is 0 Å². The predicted molar refractivity (Wildman–Crippen MR) is 126 cm³/mol. The zero-order chi connectivity index (χ0) is 23.9. The van der Waals surface area contributed by atoms with Gasteiger partial charge in [-0.15, -0.1) is 0 Å². The van der Waals surface area contributed by atoms with Gasteiger partial charge in [-0.2, -0.15) is 0 Å². The van der Waals surface area contributed by atoms with Crippen molar-refractivity contribution in [3.8, 4) is 11.1 Å². The maximum Gasteiger partial charge on any atom is 0.407 e. The van der Waals surface area contributed by atoms with Crippen molar-refractivity contribution in [2.45, 2.75) is 44.6 Å². The number of likely N-dealkylation sites (tertiary alicyclic amines) is 1. The number of carboxylic acids is 1. The molecule has 2 atom stereocenters. The molecule has 7 nitrogen and oxygen atoms in total. The van der Waals surface area contributed by atoms with Crippen LogP contribution in [0.25, 0.3) is 11.1 Å². The van der Waals surface area contributed by atoms with Gasteiger partial charge in [0.25, 0.3) is 0 Å². The number of aliphatic carboxylic acids is 1. The Kier molecular flexibility index (Phi) is 5.80. The minimum absolute atomic E-state index is 0.00839. The third-order valence-corrected chi connectivity index (χ3v) is 7.69. The molecule has 0 bridgehead atoms. The highest BCUT2D eigenvalue weighted by Crippen LogP contribution is 2.44. The third kappa shape index (κ3) is 4.04. The number of alkyl carbamates (subject to hydrolysis) is 1. The second-order valence-electron chi connectivity index (χ2n) is 10.1. The first-order valence-electron chi connectivity index (χ1n) is 12.0. The molecule has 2 aromatic rings. The van der Waals surface area contributed by atoms with Gasteiger partial charge in [-0.3, -0.25) is 9.59 Å². The molecule has 5 rings (SSSR count). The lowest BCUT2D eigenvalue weighted by Crippen LogP contribution is -2.60. The highest BCUT2D eigenvalue weighted by Gasteiger charge is 2.47. The normalized spacial score (nSPS) is 22.4. The Bertz CT molecular complexity index is 1080. The number of nitrogens with zero attached hydrogens (tertiary/aromatic N) is 1. The van der Waals surface area contributed by atoms with Crippen LogP contribution in [0.5, 0.6) is 0 Å². The molecule has 178 valence electrons. The lowest BCUT2D eigenvalue weighted by molar-refractivity contribution is -0.164. The second kappa shape index (κ2) is 8.78. The fourth-order valence-electron chi connectivity index (χ4n) is 5.72. The molecule has 2 aliphatic carbocycles. The Hall–Kier alpha value is -3.35. The Morgan fingerprint density at radius 2 is 1.65 bits per heavy atom. The average molecular weight is 463 g/mol. The van der Waals surface area contributed by atoms with Gasteiger partial charge in [0.1, 0.15) is 6.61 Å². The summed E-state index contributed by atoms with van der Waals surface area (Å²) in [6.45, 7) is 2.42. The van der Waals surface area contributed by atoms with Crippen LogP contribution < -0.4 is 5.32 Å². The summed E-state index contributed by atoms with van der Waals surface area (Å²) in [5, 5.41) is 12.2. The van der Waals surface area contributed by atoms with Gasteiger partial charge in [0.15, 0.2) is 0 Å². The Morgan fingerprint density at radius 3 is 2.26 bits per heavy atom. The molecular weight excluding hydrogens is 432 g/mol. The molecule has 7 heteroatoms. The molecule has 0 radical (unpaired) electrons. The monoisotopic (exact) mass is 462 g/mol. The van der Waals surface area contributed by atoms with Crippen molar-refractivity contribution in [2.75, 3.05) is 19.7 Å². The van der Waals surface area contributed by atoms with E-state index in [1.54, 1.807) is 11.8 Å². The minimum Gasteiger partial charge on any atom is -0.481 e. The van der Waals surface area contributed by atoms with E-state index in [4.69, 9.17) is 4.74 Å². The number of hydrogen-bond donors (Lipinski definition) is 2. The molecule has 2 N–H and O–H groups in total. The van der Waals surface area contributed by atoms with Gasteiger partial charge < -0.3 is 20.1 Å². The van der Waals surface area contributed by atoms with Crippen molar-refractivity contribution in [3.05, 3.63) is 59.7 Å². The molecule has 0 aromatic heterocycles. The SMILES string of the molecule is CC1(C(=O)O)CN(C(=O)C[C@@H]2CCC[C@H]2NC(=O)OCC2c3ccccc3-c3ccccc32)C1. The van der Waals surface area contributed by atoms with Crippen LogP contribution in [0.3, 0.4) is 0 Å². The highest BCUT2D eigenvalue weighted by molar-refractivity contribution is 5.83. The Labute approximate surface area is 199 Å². The molecule has 3 aliphatic rings. The average Bonchev–Trinajstić information content (AvgIpc) is 3.37. The van der Waals surface area contributed by atoms with Crippen LogP contribution in [0.2, 0.25) is 0 Å². The smallest absolute Gasteiger partial charge is 0.407 e. The van der Waals surface area contributed by atoms with E-state index in [2.05, 4.69) is 29.6 Å². The van der Waals surface area contributed by atoms with Crippen LogP contribution in [0.15, 0.2) is 48.5 Å². The van der Waals surface area contributed by atoms with E-state index in [0.29, 0.717) is 6.42 Å². The van der Waals surface area contributed by atoms with E-state index >= 15 is 0 Å². The molecular formula is C27H30N2O5. The predicted octanol–water partition coefficient (Wildman–Crippen LogP) is 4.02. The summed E-state index contributed by atoms with van der Waals surface area (Å²) in [5.41, 5.74) is 3.87. The van der Waals surface area contributed by atoms with E-state index in [1.165, 1.54) is 22.3 Å². The van der Waals surface area contributed by atoms with E-state index in [-0.39, 0.29) is 43.5 Å².